The Bertz CT molecular complexity index is 793. The number of amides is 1. The predicted octanol–water partition coefficient (Wildman–Crippen LogP) is 4.09. The van der Waals surface area contributed by atoms with Crippen LogP contribution in [0.3, 0.4) is 0 Å². The number of carbonyl (C=O) groups is 1. The largest absolute Gasteiger partial charge is 0.351 e. The first-order chi connectivity index (χ1) is 11.2. The van der Waals surface area contributed by atoms with Gasteiger partial charge in [0.2, 0.25) is 0 Å². The zero-order valence-electron chi connectivity index (χ0n) is 13.2. The Labute approximate surface area is 143 Å². The molecule has 0 radical (unpaired) electrons. The first-order valence-corrected chi connectivity index (χ1v) is 7.57. The van der Waals surface area contributed by atoms with E-state index in [1.807, 2.05) is 0 Å². The molecule has 24 heavy (non-hydrogen) atoms. The molecule has 0 saturated heterocycles. The first-order valence-electron chi connectivity index (χ1n) is 7.19. The van der Waals surface area contributed by atoms with Crippen molar-refractivity contribution < 1.29 is 14.1 Å². The van der Waals surface area contributed by atoms with Crippen molar-refractivity contribution in [1.29, 1.82) is 0 Å². The fourth-order valence-corrected chi connectivity index (χ4v) is 2.51. The van der Waals surface area contributed by atoms with Crippen molar-refractivity contribution in [2.75, 3.05) is 6.54 Å². The second-order valence-corrected chi connectivity index (χ2v) is 6.37. The van der Waals surface area contributed by atoms with Crippen molar-refractivity contribution in [3.8, 4) is 0 Å². The number of non-ortho nitro benzene ring substituents is 1. The number of hydrogen-bond acceptors (Lipinski definition) is 3. The van der Waals surface area contributed by atoms with E-state index in [1.54, 1.807) is 32.0 Å². The molecule has 0 aliphatic carbocycles. The van der Waals surface area contributed by atoms with Crippen LogP contribution in [0, 0.1) is 15.9 Å². The highest BCUT2D eigenvalue weighted by Gasteiger charge is 2.25. The summed E-state index contributed by atoms with van der Waals surface area (Å²) in [6.45, 7) is 3.73. The first kappa shape index (κ1) is 17.9. The van der Waals surface area contributed by atoms with Crippen molar-refractivity contribution in [3.05, 3.63) is 74.5 Å². The zero-order chi connectivity index (χ0) is 17.9. The molecular formula is C17H16ClFN2O3. The fraction of sp³-hybridized carbons (Fsp3) is 0.235. The molecule has 0 aromatic heterocycles. The lowest BCUT2D eigenvalue weighted by Crippen LogP contribution is -2.37. The monoisotopic (exact) mass is 350 g/mol. The summed E-state index contributed by atoms with van der Waals surface area (Å²) >= 11 is 5.94. The maximum absolute atomic E-state index is 13.9. The number of carbonyl (C=O) groups excluding carboxylic acids is 1. The molecular weight excluding hydrogens is 335 g/mol. The quantitative estimate of drug-likeness (QED) is 0.652. The van der Waals surface area contributed by atoms with Gasteiger partial charge in [0.25, 0.3) is 11.6 Å². The van der Waals surface area contributed by atoms with Gasteiger partial charge >= 0.3 is 0 Å². The van der Waals surface area contributed by atoms with Gasteiger partial charge in [-0.3, -0.25) is 14.9 Å². The average molecular weight is 351 g/mol. The topological polar surface area (TPSA) is 72.2 Å². The van der Waals surface area contributed by atoms with E-state index >= 15 is 0 Å². The normalized spacial score (nSPS) is 11.2. The molecule has 7 heteroatoms. The van der Waals surface area contributed by atoms with Crippen molar-refractivity contribution >= 4 is 23.2 Å². The van der Waals surface area contributed by atoms with Crippen molar-refractivity contribution in [2.45, 2.75) is 19.3 Å². The van der Waals surface area contributed by atoms with Crippen LogP contribution in [-0.4, -0.2) is 17.4 Å². The zero-order valence-corrected chi connectivity index (χ0v) is 13.9. The SMILES string of the molecule is CC(C)(CNC(=O)c1cc([N+](=O)[O-])ccc1Cl)c1ccccc1F. The number of benzene rings is 2. The summed E-state index contributed by atoms with van der Waals surface area (Å²) in [5.41, 5.74) is -0.405. The number of halogens is 2. The molecule has 1 N–H and O–H groups in total. The number of nitro benzene ring substituents is 1. The van der Waals surface area contributed by atoms with Crippen molar-refractivity contribution in [2.24, 2.45) is 0 Å². The molecule has 0 bridgehead atoms. The van der Waals surface area contributed by atoms with Gasteiger partial charge in [-0.1, -0.05) is 43.6 Å². The lowest BCUT2D eigenvalue weighted by Gasteiger charge is -2.26. The third-order valence-electron chi connectivity index (χ3n) is 3.70. The Morgan fingerprint density at radius 1 is 1.29 bits per heavy atom. The maximum Gasteiger partial charge on any atom is 0.270 e. The van der Waals surface area contributed by atoms with E-state index in [0.29, 0.717) is 5.56 Å². The van der Waals surface area contributed by atoms with Gasteiger partial charge in [0, 0.05) is 24.1 Å². The molecule has 0 spiro atoms. The highest BCUT2D eigenvalue weighted by atomic mass is 35.5. The second-order valence-electron chi connectivity index (χ2n) is 5.97. The van der Waals surface area contributed by atoms with Crippen molar-refractivity contribution in [1.82, 2.24) is 5.32 Å². The molecule has 0 fully saturated rings. The second kappa shape index (κ2) is 6.97. The minimum Gasteiger partial charge on any atom is -0.351 e. The average Bonchev–Trinajstić information content (AvgIpc) is 2.53. The van der Waals surface area contributed by atoms with Gasteiger partial charge in [-0.2, -0.15) is 0 Å². The van der Waals surface area contributed by atoms with Crippen LogP contribution in [-0.2, 0) is 5.41 Å². The summed E-state index contributed by atoms with van der Waals surface area (Å²) < 4.78 is 13.9. The van der Waals surface area contributed by atoms with Crippen LogP contribution in [0.15, 0.2) is 42.5 Å². The predicted molar refractivity (Wildman–Crippen MR) is 89.9 cm³/mol. The highest BCUT2D eigenvalue weighted by Crippen LogP contribution is 2.26. The summed E-state index contributed by atoms with van der Waals surface area (Å²) in [6, 6.07) is 9.97. The van der Waals surface area contributed by atoms with Crippen LogP contribution in [0.25, 0.3) is 0 Å². The van der Waals surface area contributed by atoms with Gasteiger partial charge < -0.3 is 5.32 Å². The van der Waals surface area contributed by atoms with Crippen molar-refractivity contribution in [3.63, 3.8) is 0 Å². The van der Waals surface area contributed by atoms with Gasteiger partial charge in [-0.05, 0) is 17.7 Å². The minimum absolute atomic E-state index is 0.00944. The molecule has 126 valence electrons. The molecule has 2 rings (SSSR count). The van der Waals surface area contributed by atoms with E-state index in [9.17, 15) is 19.3 Å². The molecule has 0 saturated carbocycles. The van der Waals surface area contributed by atoms with E-state index in [0.717, 1.165) is 6.07 Å². The van der Waals surface area contributed by atoms with E-state index in [-0.39, 0.29) is 28.6 Å². The molecule has 0 heterocycles. The number of nitrogens with one attached hydrogen (secondary N) is 1. The Hall–Kier alpha value is -2.47. The van der Waals surface area contributed by atoms with Crippen LogP contribution in [0.2, 0.25) is 5.02 Å². The molecule has 0 unspecified atom stereocenters. The molecule has 1 amide bonds. The number of nitrogens with zero attached hydrogens (tertiary/aromatic N) is 1. The van der Waals surface area contributed by atoms with Gasteiger partial charge in [0.05, 0.1) is 15.5 Å². The Kier molecular flexibility index (Phi) is 5.19. The molecule has 2 aromatic carbocycles. The molecule has 0 atom stereocenters. The molecule has 0 aliphatic heterocycles. The maximum atomic E-state index is 13.9. The summed E-state index contributed by atoms with van der Waals surface area (Å²) in [4.78, 5) is 22.5. The Morgan fingerprint density at radius 2 is 1.96 bits per heavy atom. The lowest BCUT2D eigenvalue weighted by molar-refractivity contribution is -0.384. The number of nitro groups is 1. The van der Waals surface area contributed by atoms with E-state index < -0.39 is 16.2 Å². The van der Waals surface area contributed by atoms with Gasteiger partial charge in [0.15, 0.2) is 0 Å². The Balaban J connectivity index is 2.17. The number of hydrogen-bond donors (Lipinski definition) is 1. The van der Waals surface area contributed by atoms with Crippen LogP contribution >= 0.6 is 11.6 Å². The van der Waals surface area contributed by atoms with E-state index in [4.69, 9.17) is 11.6 Å². The Morgan fingerprint density at radius 3 is 2.58 bits per heavy atom. The minimum atomic E-state index is -0.659. The summed E-state index contributed by atoms with van der Waals surface area (Å²) in [6.07, 6.45) is 0. The van der Waals surface area contributed by atoms with Crippen LogP contribution in [0.4, 0.5) is 10.1 Å². The molecule has 5 nitrogen and oxygen atoms in total. The molecule has 2 aromatic rings. The van der Waals surface area contributed by atoms with Crippen LogP contribution in [0.1, 0.15) is 29.8 Å². The standard InChI is InChI=1S/C17H16ClFN2O3/c1-17(2,13-5-3-4-6-15(13)19)10-20-16(22)12-9-11(21(23)24)7-8-14(12)18/h3-9H,10H2,1-2H3,(H,20,22). The summed E-state index contributed by atoms with van der Waals surface area (Å²) in [5, 5.41) is 13.6. The summed E-state index contributed by atoms with van der Waals surface area (Å²) in [5.74, 6) is -0.904. The van der Waals surface area contributed by atoms with E-state index in [1.165, 1.54) is 18.2 Å². The third-order valence-corrected chi connectivity index (χ3v) is 4.03. The third kappa shape index (κ3) is 3.89. The van der Waals surface area contributed by atoms with E-state index in [2.05, 4.69) is 5.32 Å². The van der Waals surface area contributed by atoms with Gasteiger partial charge in [-0.25, -0.2) is 4.39 Å². The van der Waals surface area contributed by atoms with Gasteiger partial charge in [0.1, 0.15) is 5.82 Å². The summed E-state index contributed by atoms with van der Waals surface area (Å²) in [7, 11) is 0. The van der Waals surface area contributed by atoms with Gasteiger partial charge in [-0.15, -0.1) is 0 Å². The van der Waals surface area contributed by atoms with Crippen LogP contribution in [0.5, 0.6) is 0 Å². The van der Waals surface area contributed by atoms with Crippen LogP contribution < -0.4 is 5.32 Å². The highest BCUT2D eigenvalue weighted by molar-refractivity contribution is 6.33. The number of rotatable bonds is 5. The molecule has 0 aliphatic rings. The lowest BCUT2D eigenvalue weighted by atomic mass is 9.84. The fourth-order valence-electron chi connectivity index (χ4n) is 2.30. The smallest absolute Gasteiger partial charge is 0.270 e.